The summed E-state index contributed by atoms with van der Waals surface area (Å²) in [6, 6.07) is 16.4. The van der Waals surface area contributed by atoms with Crippen molar-refractivity contribution in [3.63, 3.8) is 0 Å². The molecule has 1 saturated carbocycles. The van der Waals surface area contributed by atoms with E-state index in [1.807, 2.05) is 42.5 Å². The average Bonchev–Trinajstić information content (AvgIpc) is 3.89. The first kappa shape index (κ1) is 40.1. The van der Waals surface area contributed by atoms with Crippen LogP contribution in [0.5, 0.6) is 5.75 Å². The lowest BCUT2D eigenvalue weighted by molar-refractivity contribution is -0.140. The predicted molar refractivity (Wildman–Crippen MR) is 203 cm³/mol. The molecule has 5 aromatic rings. The number of aromatic nitrogens is 3. The van der Waals surface area contributed by atoms with Crippen LogP contribution in [0.3, 0.4) is 0 Å². The summed E-state index contributed by atoms with van der Waals surface area (Å²) in [4.78, 5) is 60.6. The van der Waals surface area contributed by atoms with E-state index in [1.165, 1.54) is 21.3 Å². The minimum Gasteiger partial charge on any atom is -0.420 e. The fourth-order valence-electron chi connectivity index (χ4n) is 7.11. The second kappa shape index (κ2) is 17.2. The highest BCUT2D eigenvalue weighted by atomic mass is 32.2. The Labute approximate surface area is 332 Å². The summed E-state index contributed by atoms with van der Waals surface area (Å²) in [5.74, 6) is -15.7. The Morgan fingerprint density at radius 2 is 1.55 bits per heavy atom. The van der Waals surface area contributed by atoms with Gasteiger partial charge in [-0.25, -0.2) is 18.0 Å². The fraction of sp³-hybridized carbons (Fsp3) is 0.268. The van der Waals surface area contributed by atoms with E-state index in [1.54, 1.807) is 43.6 Å². The standard InChI is InChI=1S/C41H35F5N6O5S/c1-47-38(53)27-8-2-3-10-31(27)58-25-16-17-26-28(18-15-23-7-4-5-19-48-23)50-52(30(26)21-25)41(56)51-20-6-9-29(51)39(54)49-24-13-11-22(12-14-24)40(55)57-37-35(45)33(43)32(42)34(44)36(37)46/h2-5,7-8,10,15-19,21-22,24,29H,6,9,11-14,20H2,1H3,(H,47,53)(H,49,54)/b18-15+/t22-,24-,29-/m0/s1. The van der Waals surface area contributed by atoms with Gasteiger partial charge in [-0.15, -0.1) is 0 Å². The second-order valence-electron chi connectivity index (χ2n) is 13.8. The van der Waals surface area contributed by atoms with E-state index >= 15 is 0 Å². The highest BCUT2D eigenvalue weighted by Crippen LogP contribution is 2.35. The number of carbonyl (C=O) groups is 4. The molecule has 2 aromatic heterocycles. The molecule has 300 valence electrons. The van der Waals surface area contributed by atoms with Gasteiger partial charge in [-0.1, -0.05) is 30.0 Å². The predicted octanol–water partition coefficient (Wildman–Crippen LogP) is 7.52. The number of hydrogen-bond donors (Lipinski definition) is 2. The maximum absolute atomic E-state index is 14.4. The largest absolute Gasteiger partial charge is 0.420 e. The highest BCUT2D eigenvalue weighted by Gasteiger charge is 2.38. The maximum Gasteiger partial charge on any atom is 0.345 e. The third-order valence-electron chi connectivity index (χ3n) is 10.1. The van der Waals surface area contributed by atoms with Crippen molar-refractivity contribution in [2.45, 2.75) is 60.4 Å². The Morgan fingerprint density at radius 1 is 0.845 bits per heavy atom. The van der Waals surface area contributed by atoms with Gasteiger partial charge < -0.3 is 20.3 Å². The van der Waals surface area contributed by atoms with Crippen LogP contribution in [-0.2, 0) is 9.59 Å². The summed E-state index contributed by atoms with van der Waals surface area (Å²) in [7, 11) is 1.55. The summed E-state index contributed by atoms with van der Waals surface area (Å²) >= 11 is 1.35. The van der Waals surface area contributed by atoms with Crippen LogP contribution in [0, 0.1) is 35.0 Å². The zero-order chi connectivity index (χ0) is 41.1. The molecule has 0 bridgehead atoms. The molecule has 11 nitrogen and oxygen atoms in total. The first-order chi connectivity index (χ1) is 27.9. The van der Waals surface area contributed by atoms with Gasteiger partial charge in [0.05, 0.1) is 28.4 Å². The smallest absolute Gasteiger partial charge is 0.345 e. The number of pyridine rings is 1. The summed E-state index contributed by atoms with van der Waals surface area (Å²) in [5, 5.41) is 11.0. The first-order valence-electron chi connectivity index (χ1n) is 18.4. The van der Waals surface area contributed by atoms with Crippen molar-refractivity contribution in [3.8, 4) is 5.75 Å². The zero-order valence-corrected chi connectivity index (χ0v) is 31.6. The molecule has 1 aliphatic heterocycles. The summed E-state index contributed by atoms with van der Waals surface area (Å²) in [5.41, 5.74) is 2.14. The van der Waals surface area contributed by atoms with Crippen molar-refractivity contribution >= 4 is 58.6 Å². The van der Waals surface area contributed by atoms with Crippen molar-refractivity contribution < 1.29 is 45.9 Å². The topological polar surface area (TPSA) is 136 Å². The van der Waals surface area contributed by atoms with Crippen molar-refractivity contribution in [2.24, 2.45) is 5.92 Å². The maximum atomic E-state index is 14.4. The van der Waals surface area contributed by atoms with Crippen molar-refractivity contribution in [3.05, 3.63) is 113 Å². The van der Waals surface area contributed by atoms with Gasteiger partial charge in [-0.05, 0) is 93.1 Å². The summed E-state index contributed by atoms with van der Waals surface area (Å²) in [6.45, 7) is 0.279. The van der Waals surface area contributed by atoms with Gasteiger partial charge in [0.25, 0.3) is 5.91 Å². The molecule has 1 saturated heterocycles. The first-order valence-corrected chi connectivity index (χ1v) is 19.2. The van der Waals surface area contributed by atoms with Crippen molar-refractivity contribution in [1.82, 2.24) is 30.3 Å². The Hall–Kier alpha value is -6.10. The number of rotatable bonds is 9. The van der Waals surface area contributed by atoms with Crippen LogP contribution < -0.4 is 15.4 Å². The molecule has 3 amide bonds. The number of likely N-dealkylation sites (tertiary alicyclic amines) is 1. The van der Waals surface area contributed by atoms with Crippen LogP contribution in [0.1, 0.15) is 60.3 Å². The quantitative estimate of drug-likeness (QED) is 0.0513. The number of ether oxygens (including phenoxy) is 1. The minimum absolute atomic E-state index is 0.106. The van der Waals surface area contributed by atoms with Gasteiger partial charge in [0.15, 0.2) is 0 Å². The van der Waals surface area contributed by atoms with E-state index in [-0.39, 0.29) is 38.1 Å². The zero-order valence-electron chi connectivity index (χ0n) is 30.8. The van der Waals surface area contributed by atoms with Gasteiger partial charge in [-0.3, -0.25) is 19.4 Å². The van der Waals surface area contributed by atoms with E-state index in [0.29, 0.717) is 45.6 Å². The molecule has 3 aromatic carbocycles. The molecule has 0 unspecified atom stereocenters. The number of nitrogens with zero attached hydrogens (tertiary/aromatic N) is 4. The molecule has 2 aliphatic rings. The molecule has 1 atom stereocenters. The molecular weight excluding hydrogens is 784 g/mol. The molecular formula is C41H35F5N6O5S. The van der Waals surface area contributed by atoms with Crippen LogP contribution in [0.2, 0.25) is 0 Å². The van der Waals surface area contributed by atoms with Crippen molar-refractivity contribution in [1.29, 1.82) is 0 Å². The fourth-order valence-corrected chi connectivity index (χ4v) is 8.09. The molecule has 1 aliphatic carbocycles. The molecule has 7 rings (SSSR count). The van der Waals surface area contributed by atoms with Crippen LogP contribution in [0.25, 0.3) is 23.1 Å². The van der Waals surface area contributed by atoms with Crippen LogP contribution in [0.15, 0.2) is 76.7 Å². The van der Waals surface area contributed by atoms with Crippen molar-refractivity contribution in [2.75, 3.05) is 13.6 Å². The van der Waals surface area contributed by atoms with Crippen LogP contribution in [-0.4, -0.2) is 69.2 Å². The summed E-state index contributed by atoms with van der Waals surface area (Å²) in [6.07, 6.45) is 6.83. The minimum atomic E-state index is -2.37. The average molecular weight is 819 g/mol. The number of hydrogen-bond acceptors (Lipinski definition) is 8. The molecule has 0 radical (unpaired) electrons. The number of benzene rings is 3. The number of esters is 1. The number of carbonyl (C=O) groups excluding carboxylic acids is 4. The van der Waals surface area contributed by atoms with E-state index in [0.717, 1.165) is 4.90 Å². The van der Waals surface area contributed by atoms with Gasteiger partial charge in [-0.2, -0.15) is 18.6 Å². The third-order valence-corrected chi connectivity index (χ3v) is 11.2. The second-order valence-corrected chi connectivity index (χ2v) is 14.9. The van der Waals surface area contributed by atoms with E-state index in [2.05, 4.69) is 20.4 Å². The molecule has 2 N–H and O–H groups in total. The number of amides is 3. The van der Waals surface area contributed by atoms with E-state index < -0.39 is 70.7 Å². The summed E-state index contributed by atoms with van der Waals surface area (Å²) < 4.78 is 74.8. The number of fused-ring (bicyclic) bond motifs is 1. The molecule has 2 fully saturated rings. The van der Waals surface area contributed by atoms with Crippen LogP contribution in [0.4, 0.5) is 26.7 Å². The third kappa shape index (κ3) is 8.16. The van der Waals surface area contributed by atoms with E-state index in [9.17, 15) is 41.1 Å². The Morgan fingerprint density at radius 3 is 2.26 bits per heavy atom. The van der Waals surface area contributed by atoms with Gasteiger partial charge in [0, 0.05) is 41.0 Å². The molecule has 58 heavy (non-hydrogen) atoms. The molecule has 0 spiro atoms. The van der Waals surface area contributed by atoms with Gasteiger partial charge >= 0.3 is 12.0 Å². The number of nitrogens with one attached hydrogen (secondary N) is 2. The Balaban J connectivity index is 1.07. The lowest BCUT2D eigenvalue weighted by Crippen LogP contribution is -2.50. The molecule has 3 heterocycles. The SMILES string of the molecule is CNC(=O)c1ccccc1Sc1ccc2c(/C=C/c3ccccn3)nn(C(=O)N3CCC[C@H]3C(=O)N[C@H]3CC[C@H](C(=O)Oc4c(F)c(F)c(F)c(F)c4F)CC3)c2c1. The Kier molecular flexibility index (Phi) is 11.9. The normalized spacial score (nSPS) is 18.1. The lowest BCUT2D eigenvalue weighted by atomic mass is 9.86. The van der Waals surface area contributed by atoms with E-state index in [4.69, 9.17) is 5.10 Å². The molecule has 17 heteroatoms. The van der Waals surface area contributed by atoms with Gasteiger partial charge in [0.1, 0.15) is 6.04 Å². The lowest BCUT2D eigenvalue weighted by Gasteiger charge is -2.30. The highest BCUT2D eigenvalue weighted by molar-refractivity contribution is 7.99. The Bertz CT molecular complexity index is 2410. The van der Waals surface area contributed by atoms with Gasteiger partial charge in [0.2, 0.25) is 40.7 Å². The number of halogens is 5. The monoisotopic (exact) mass is 818 g/mol. The van der Waals surface area contributed by atoms with Crippen LogP contribution >= 0.6 is 11.8 Å².